The van der Waals surface area contributed by atoms with E-state index >= 15 is 0 Å². The minimum atomic E-state index is -0.784. The van der Waals surface area contributed by atoms with Crippen LogP contribution >= 0.6 is 0 Å². The van der Waals surface area contributed by atoms with Crippen LogP contribution in [0, 0.1) is 11.8 Å². The highest BCUT2D eigenvalue weighted by molar-refractivity contribution is 6.01. The number of nitrogens with zero attached hydrogens (tertiary/aromatic N) is 1. The van der Waals surface area contributed by atoms with Crippen molar-refractivity contribution >= 4 is 24.1 Å². The standard InChI is InChI=1S/C22H26N2O5/c1-23-21(28)19(12-8-14-25)24-15-18-16(10-7-11-17(18)22(24)29)9-5-3-2-4-6-13-20(26)27/h7,10-11,14,19H,2-4,6,8,12-13,15H2,1H3,(H,23,28)(H,26,27). The van der Waals surface area contributed by atoms with E-state index in [9.17, 15) is 19.2 Å². The fourth-order valence-electron chi connectivity index (χ4n) is 3.37. The van der Waals surface area contributed by atoms with Gasteiger partial charge in [-0.05, 0) is 37.0 Å². The van der Waals surface area contributed by atoms with E-state index in [2.05, 4.69) is 17.2 Å². The summed E-state index contributed by atoms with van der Waals surface area (Å²) in [6.45, 7) is 0.286. The molecule has 0 aliphatic carbocycles. The Morgan fingerprint density at radius 1 is 1.31 bits per heavy atom. The van der Waals surface area contributed by atoms with Crippen LogP contribution in [0.25, 0.3) is 0 Å². The third-order valence-corrected chi connectivity index (χ3v) is 4.89. The number of rotatable bonds is 10. The molecule has 2 N–H and O–H groups in total. The number of unbranched alkanes of at least 4 members (excludes halogenated alkanes) is 3. The number of likely N-dealkylation sites (N-methyl/N-ethyl adjacent to an activating group) is 1. The number of carboxylic acids is 1. The minimum absolute atomic E-state index is 0.175. The second-order valence-electron chi connectivity index (χ2n) is 6.89. The van der Waals surface area contributed by atoms with Gasteiger partial charge < -0.3 is 20.1 Å². The Morgan fingerprint density at radius 3 is 2.79 bits per heavy atom. The molecule has 0 aromatic heterocycles. The summed E-state index contributed by atoms with van der Waals surface area (Å²) in [5, 5.41) is 11.2. The van der Waals surface area contributed by atoms with Crippen molar-refractivity contribution in [3.8, 4) is 11.8 Å². The first-order valence-electron chi connectivity index (χ1n) is 9.78. The van der Waals surface area contributed by atoms with E-state index in [-0.39, 0.29) is 37.6 Å². The quantitative estimate of drug-likeness (QED) is 0.357. The molecule has 0 fully saturated rings. The molecule has 1 unspecified atom stereocenters. The minimum Gasteiger partial charge on any atom is -0.481 e. The zero-order valence-corrected chi connectivity index (χ0v) is 16.6. The molecule has 0 radical (unpaired) electrons. The van der Waals surface area contributed by atoms with E-state index in [1.165, 1.54) is 11.9 Å². The average molecular weight is 398 g/mol. The lowest BCUT2D eigenvalue weighted by atomic mass is 10.0. The first kappa shape index (κ1) is 22.2. The van der Waals surface area contributed by atoms with Gasteiger partial charge in [0.1, 0.15) is 12.3 Å². The van der Waals surface area contributed by atoms with Gasteiger partial charge in [-0.15, -0.1) is 0 Å². The lowest BCUT2D eigenvalue weighted by molar-refractivity contribution is -0.137. The molecule has 1 aliphatic rings. The normalized spacial score (nSPS) is 13.3. The van der Waals surface area contributed by atoms with Crippen LogP contribution in [-0.4, -0.2) is 47.2 Å². The number of hydrogen-bond donors (Lipinski definition) is 2. The van der Waals surface area contributed by atoms with Crippen LogP contribution in [0.1, 0.15) is 66.4 Å². The molecular formula is C22H26N2O5. The highest BCUT2D eigenvalue weighted by atomic mass is 16.4. The predicted octanol–water partition coefficient (Wildman–Crippen LogP) is 2.12. The van der Waals surface area contributed by atoms with E-state index in [0.29, 0.717) is 18.4 Å². The molecule has 29 heavy (non-hydrogen) atoms. The highest BCUT2D eigenvalue weighted by Gasteiger charge is 2.36. The van der Waals surface area contributed by atoms with Crippen LogP contribution in [0.4, 0.5) is 0 Å². The molecular weight excluding hydrogens is 372 g/mol. The summed E-state index contributed by atoms with van der Waals surface area (Å²) in [4.78, 5) is 47.8. The average Bonchev–Trinajstić information content (AvgIpc) is 3.04. The number of aldehydes is 1. The highest BCUT2D eigenvalue weighted by Crippen LogP contribution is 2.28. The molecule has 0 spiro atoms. The van der Waals surface area contributed by atoms with Crippen molar-refractivity contribution in [1.82, 2.24) is 10.2 Å². The third kappa shape index (κ3) is 5.92. The van der Waals surface area contributed by atoms with Crippen molar-refractivity contribution in [2.75, 3.05) is 7.05 Å². The largest absolute Gasteiger partial charge is 0.481 e. The Bertz CT molecular complexity index is 837. The zero-order valence-electron chi connectivity index (χ0n) is 16.6. The molecule has 1 aromatic rings. The van der Waals surface area contributed by atoms with Gasteiger partial charge in [-0.25, -0.2) is 0 Å². The summed E-state index contributed by atoms with van der Waals surface area (Å²) in [5.41, 5.74) is 2.10. The maximum absolute atomic E-state index is 12.8. The lowest BCUT2D eigenvalue weighted by Gasteiger charge is -2.25. The first-order valence-corrected chi connectivity index (χ1v) is 9.78. The summed E-state index contributed by atoms with van der Waals surface area (Å²) < 4.78 is 0. The maximum atomic E-state index is 12.8. The number of nitrogens with one attached hydrogen (secondary N) is 1. The zero-order chi connectivity index (χ0) is 21.2. The molecule has 2 rings (SSSR count). The smallest absolute Gasteiger partial charge is 0.303 e. The number of carboxylic acid groups (broad SMARTS) is 1. The van der Waals surface area contributed by atoms with Crippen LogP contribution in [0.2, 0.25) is 0 Å². The monoisotopic (exact) mass is 398 g/mol. The summed E-state index contributed by atoms with van der Waals surface area (Å²) in [6, 6.07) is 4.67. The van der Waals surface area contributed by atoms with Crippen molar-refractivity contribution in [2.45, 2.75) is 57.5 Å². The molecule has 154 valence electrons. The number of fused-ring (bicyclic) bond motifs is 1. The fraction of sp³-hybridized carbons (Fsp3) is 0.455. The fourth-order valence-corrected chi connectivity index (χ4v) is 3.37. The second-order valence-corrected chi connectivity index (χ2v) is 6.89. The van der Waals surface area contributed by atoms with Crippen molar-refractivity contribution in [3.05, 3.63) is 34.9 Å². The van der Waals surface area contributed by atoms with Crippen molar-refractivity contribution in [2.24, 2.45) is 0 Å². The van der Waals surface area contributed by atoms with E-state index in [0.717, 1.165) is 30.3 Å². The van der Waals surface area contributed by atoms with E-state index in [4.69, 9.17) is 5.11 Å². The number of carbonyl (C=O) groups excluding carboxylic acids is 3. The molecule has 7 heteroatoms. The van der Waals surface area contributed by atoms with Crippen molar-refractivity contribution in [1.29, 1.82) is 0 Å². The predicted molar refractivity (Wildman–Crippen MR) is 107 cm³/mol. The Hall–Kier alpha value is -3.14. The molecule has 0 bridgehead atoms. The second kappa shape index (κ2) is 11.0. The van der Waals surface area contributed by atoms with Gasteiger partial charge in [-0.2, -0.15) is 0 Å². The first-order chi connectivity index (χ1) is 14.0. The number of benzene rings is 1. The maximum Gasteiger partial charge on any atom is 0.303 e. The Balaban J connectivity index is 2.08. The van der Waals surface area contributed by atoms with E-state index < -0.39 is 12.0 Å². The number of amides is 2. The molecule has 1 aromatic carbocycles. The van der Waals surface area contributed by atoms with Crippen molar-refractivity contribution in [3.63, 3.8) is 0 Å². The van der Waals surface area contributed by atoms with E-state index in [1.54, 1.807) is 12.1 Å². The summed E-state index contributed by atoms with van der Waals surface area (Å²) in [7, 11) is 1.51. The summed E-state index contributed by atoms with van der Waals surface area (Å²) in [6.07, 6.45) is 4.33. The van der Waals surface area contributed by atoms with Gasteiger partial charge in [0.25, 0.3) is 5.91 Å². The van der Waals surface area contributed by atoms with Gasteiger partial charge >= 0.3 is 5.97 Å². The number of hydrogen-bond acceptors (Lipinski definition) is 4. The molecule has 1 aliphatic heterocycles. The van der Waals surface area contributed by atoms with Gasteiger partial charge in [-0.3, -0.25) is 14.4 Å². The number of aliphatic carboxylic acids is 1. The van der Waals surface area contributed by atoms with Crippen LogP contribution in [-0.2, 0) is 20.9 Å². The van der Waals surface area contributed by atoms with Crippen LogP contribution in [0.5, 0.6) is 0 Å². The van der Waals surface area contributed by atoms with Gasteiger partial charge in [0.05, 0.1) is 0 Å². The molecule has 2 amide bonds. The Kier molecular flexibility index (Phi) is 8.41. The third-order valence-electron chi connectivity index (χ3n) is 4.89. The van der Waals surface area contributed by atoms with Crippen LogP contribution in [0.15, 0.2) is 18.2 Å². The van der Waals surface area contributed by atoms with Crippen LogP contribution < -0.4 is 5.32 Å². The topological polar surface area (TPSA) is 104 Å². The van der Waals surface area contributed by atoms with Crippen LogP contribution in [0.3, 0.4) is 0 Å². The SMILES string of the molecule is CNC(=O)C(CCC=O)N1Cc2c(C#CCCCCCC(=O)O)cccc2C1=O. The van der Waals surface area contributed by atoms with Gasteiger partial charge in [0.2, 0.25) is 5.91 Å². The van der Waals surface area contributed by atoms with Gasteiger partial charge in [0.15, 0.2) is 0 Å². The molecule has 0 saturated carbocycles. The Labute approximate surface area is 170 Å². The summed E-state index contributed by atoms with van der Waals surface area (Å²) >= 11 is 0. The molecule has 0 saturated heterocycles. The molecule has 1 heterocycles. The van der Waals surface area contributed by atoms with Gasteiger partial charge in [-0.1, -0.05) is 24.3 Å². The van der Waals surface area contributed by atoms with Gasteiger partial charge in [0, 0.05) is 44.0 Å². The van der Waals surface area contributed by atoms with Crippen molar-refractivity contribution < 1.29 is 24.3 Å². The molecule has 1 atom stereocenters. The molecule has 7 nitrogen and oxygen atoms in total. The lowest BCUT2D eigenvalue weighted by Crippen LogP contribution is -2.46. The summed E-state index contributed by atoms with van der Waals surface area (Å²) in [5.74, 6) is 4.90. The Morgan fingerprint density at radius 2 is 2.10 bits per heavy atom. The van der Waals surface area contributed by atoms with E-state index in [1.807, 2.05) is 6.07 Å². The number of carbonyl (C=O) groups is 4.